The molecule has 0 aliphatic rings. The van der Waals surface area contributed by atoms with E-state index in [4.69, 9.17) is 23.2 Å². The second kappa shape index (κ2) is 6.71. The Bertz CT molecular complexity index is 918. The molecule has 0 fully saturated rings. The minimum Gasteiger partial charge on any atom is -0.266 e. The van der Waals surface area contributed by atoms with E-state index in [0.29, 0.717) is 14.9 Å². The molecule has 1 amide bonds. The van der Waals surface area contributed by atoms with Crippen molar-refractivity contribution in [3.05, 3.63) is 68.5 Å². The molecule has 0 saturated carbocycles. The number of thiophene rings is 1. The molecule has 0 spiro atoms. The van der Waals surface area contributed by atoms with Crippen LogP contribution in [0.25, 0.3) is 10.1 Å². The maximum Gasteiger partial charge on any atom is 0.283 e. The highest BCUT2D eigenvalue weighted by atomic mass is 35.5. The summed E-state index contributed by atoms with van der Waals surface area (Å²) in [5.41, 5.74) is 4.34. The van der Waals surface area contributed by atoms with E-state index in [-0.39, 0.29) is 5.91 Å². The third-order valence-electron chi connectivity index (χ3n) is 3.27. The predicted molar refractivity (Wildman–Crippen MR) is 98.1 cm³/mol. The normalized spacial score (nSPS) is 11.3. The molecular formula is C17H12Cl2N2OS. The molecule has 116 valence electrons. The van der Waals surface area contributed by atoms with Gasteiger partial charge in [0, 0.05) is 20.7 Å². The maximum atomic E-state index is 12.3. The molecule has 0 saturated heterocycles. The van der Waals surface area contributed by atoms with E-state index in [9.17, 15) is 4.79 Å². The first kappa shape index (κ1) is 16.0. The van der Waals surface area contributed by atoms with Crippen LogP contribution in [0.1, 0.15) is 20.8 Å². The zero-order chi connectivity index (χ0) is 16.4. The second-order valence-corrected chi connectivity index (χ2v) is 6.80. The summed E-state index contributed by atoms with van der Waals surface area (Å²) in [5.74, 6) is -0.336. The van der Waals surface area contributed by atoms with Gasteiger partial charge in [0.2, 0.25) is 0 Å². The Balaban J connectivity index is 1.81. The number of hydrogen-bond donors (Lipinski definition) is 1. The van der Waals surface area contributed by atoms with Gasteiger partial charge >= 0.3 is 0 Å². The number of aryl methyl sites for hydroxylation is 1. The van der Waals surface area contributed by atoms with Gasteiger partial charge in [0.05, 0.1) is 11.2 Å². The molecule has 23 heavy (non-hydrogen) atoms. The number of nitrogens with zero attached hydrogens (tertiary/aromatic N) is 1. The van der Waals surface area contributed by atoms with Gasteiger partial charge in [-0.25, -0.2) is 5.43 Å². The molecule has 3 nitrogen and oxygen atoms in total. The van der Waals surface area contributed by atoms with Crippen molar-refractivity contribution < 1.29 is 4.79 Å². The average molecular weight is 363 g/mol. The lowest BCUT2D eigenvalue weighted by atomic mass is 10.2. The van der Waals surface area contributed by atoms with Crippen molar-refractivity contribution in [2.75, 3.05) is 0 Å². The standard InChI is InChI=1S/C17H12Cl2N2OS/c1-10-6-7-12-14(8-10)23-16(15(12)19)17(22)21-20-9-11-4-2-3-5-13(11)18/h2-9H,1H3,(H,21,22)/b20-9+. The van der Waals surface area contributed by atoms with Crippen LogP contribution in [0.5, 0.6) is 0 Å². The zero-order valence-electron chi connectivity index (χ0n) is 12.1. The van der Waals surface area contributed by atoms with Gasteiger partial charge in [-0.2, -0.15) is 5.10 Å². The van der Waals surface area contributed by atoms with Crippen LogP contribution < -0.4 is 5.43 Å². The molecule has 1 heterocycles. The number of benzene rings is 2. The van der Waals surface area contributed by atoms with Crippen LogP contribution >= 0.6 is 34.5 Å². The highest BCUT2D eigenvalue weighted by molar-refractivity contribution is 7.21. The first-order chi connectivity index (χ1) is 11.1. The largest absolute Gasteiger partial charge is 0.283 e. The minimum absolute atomic E-state index is 0.336. The number of nitrogens with one attached hydrogen (secondary N) is 1. The maximum absolute atomic E-state index is 12.3. The van der Waals surface area contributed by atoms with E-state index in [0.717, 1.165) is 21.2 Å². The number of rotatable bonds is 3. The van der Waals surface area contributed by atoms with Crippen LogP contribution in [-0.4, -0.2) is 12.1 Å². The highest BCUT2D eigenvalue weighted by Crippen LogP contribution is 2.35. The fraction of sp³-hybridized carbons (Fsp3) is 0.0588. The molecule has 0 aliphatic carbocycles. The van der Waals surface area contributed by atoms with Crippen LogP contribution in [-0.2, 0) is 0 Å². The third-order valence-corrected chi connectivity index (χ3v) is 5.27. The first-order valence-electron chi connectivity index (χ1n) is 6.83. The lowest BCUT2D eigenvalue weighted by Gasteiger charge is -1.98. The fourth-order valence-corrected chi connectivity index (χ4v) is 3.80. The summed E-state index contributed by atoms with van der Waals surface area (Å²) in [6.07, 6.45) is 1.51. The van der Waals surface area contributed by atoms with Crippen molar-refractivity contribution in [2.45, 2.75) is 6.92 Å². The quantitative estimate of drug-likeness (QED) is 0.499. The van der Waals surface area contributed by atoms with Crippen LogP contribution in [0.2, 0.25) is 10.0 Å². The highest BCUT2D eigenvalue weighted by Gasteiger charge is 2.16. The molecule has 3 rings (SSSR count). The smallest absolute Gasteiger partial charge is 0.266 e. The van der Waals surface area contributed by atoms with Crippen LogP contribution in [0.3, 0.4) is 0 Å². The van der Waals surface area contributed by atoms with Crippen molar-refractivity contribution in [1.82, 2.24) is 5.43 Å². The van der Waals surface area contributed by atoms with Gasteiger partial charge in [0.25, 0.3) is 5.91 Å². The average Bonchev–Trinajstić information content (AvgIpc) is 2.85. The Morgan fingerprint density at radius 1 is 1.22 bits per heavy atom. The van der Waals surface area contributed by atoms with Gasteiger partial charge in [0.1, 0.15) is 4.88 Å². The number of fused-ring (bicyclic) bond motifs is 1. The fourth-order valence-electron chi connectivity index (χ4n) is 2.11. The van der Waals surface area contributed by atoms with E-state index in [1.807, 2.05) is 43.3 Å². The van der Waals surface area contributed by atoms with Crippen LogP contribution in [0, 0.1) is 6.92 Å². The second-order valence-electron chi connectivity index (χ2n) is 4.97. The van der Waals surface area contributed by atoms with Crippen LogP contribution in [0.15, 0.2) is 47.6 Å². The summed E-state index contributed by atoms with van der Waals surface area (Å²) >= 11 is 13.7. The Labute approximate surface area is 147 Å². The number of amides is 1. The first-order valence-corrected chi connectivity index (χ1v) is 8.40. The van der Waals surface area contributed by atoms with Crippen molar-refractivity contribution >= 4 is 56.7 Å². The van der Waals surface area contributed by atoms with Gasteiger partial charge in [-0.1, -0.05) is 53.5 Å². The summed E-state index contributed by atoms with van der Waals surface area (Å²) in [6.45, 7) is 2.00. The zero-order valence-corrected chi connectivity index (χ0v) is 14.5. The van der Waals surface area contributed by atoms with E-state index in [1.165, 1.54) is 17.6 Å². The lowest BCUT2D eigenvalue weighted by Crippen LogP contribution is -2.16. The number of halogens is 2. The molecular weight excluding hydrogens is 351 g/mol. The molecule has 0 unspecified atom stereocenters. The van der Waals surface area contributed by atoms with Gasteiger partial charge in [-0.05, 0) is 24.6 Å². The summed E-state index contributed by atoms with van der Waals surface area (Å²) in [4.78, 5) is 12.7. The lowest BCUT2D eigenvalue weighted by molar-refractivity contribution is 0.0959. The summed E-state index contributed by atoms with van der Waals surface area (Å²) < 4.78 is 0.982. The number of hydrogen-bond acceptors (Lipinski definition) is 3. The number of carbonyl (C=O) groups excluding carboxylic acids is 1. The summed E-state index contributed by atoms with van der Waals surface area (Å²) in [5, 5.41) is 5.85. The summed E-state index contributed by atoms with van der Waals surface area (Å²) in [7, 11) is 0. The van der Waals surface area contributed by atoms with E-state index < -0.39 is 0 Å². The number of carbonyl (C=O) groups is 1. The molecule has 0 radical (unpaired) electrons. The van der Waals surface area contributed by atoms with Crippen molar-refractivity contribution in [2.24, 2.45) is 5.10 Å². The minimum atomic E-state index is -0.336. The Morgan fingerprint density at radius 3 is 2.78 bits per heavy atom. The molecule has 6 heteroatoms. The van der Waals surface area contributed by atoms with Gasteiger partial charge in [-0.15, -0.1) is 11.3 Å². The molecule has 0 bridgehead atoms. The Kier molecular flexibility index (Phi) is 4.66. The van der Waals surface area contributed by atoms with E-state index in [1.54, 1.807) is 6.07 Å². The van der Waals surface area contributed by atoms with Crippen molar-refractivity contribution in [3.63, 3.8) is 0 Å². The van der Waals surface area contributed by atoms with Crippen molar-refractivity contribution in [1.29, 1.82) is 0 Å². The summed E-state index contributed by atoms with van der Waals surface area (Å²) in [6, 6.07) is 13.2. The number of hydrazone groups is 1. The molecule has 1 aromatic heterocycles. The molecule has 0 aliphatic heterocycles. The molecule has 2 aromatic carbocycles. The van der Waals surface area contributed by atoms with Gasteiger partial charge < -0.3 is 0 Å². The monoisotopic (exact) mass is 362 g/mol. The molecule has 3 aromatic rings. The Hall–Kier alpha value is -1.88. The van der Waals surface area contributed by atoms with E-state index in [2.05, 4.69) is 10.5 Å². The molecule has 0 atom stereocenters. The van der Waals surface area contributed by atoms with Gasteiger partial charge in [-0.3, -0.25) is 4.79 Å². The van der Waals surface area contributed by atoms with E-state index >= 15 is 0 Å². The topological polar surface area (TPSA) is 41.5 Å². The SMILES string of the molecule is Cc1ccc2c(Cl)c(C(=O)N/N=C/c3ccccc3Cl)sc2c1. The predicted octanol–water partition coefficient (Wildman–Crippen LogP) is 5.28. The third kappa shape index (κ3) is 3.39. The molecule has 1 N–H and O–H groups in total. The Morgan fingerprint density at radius 2 is 2.00 bits per heavy atom. The van der Waals surface area contributed by atoms with Crippen molar-refractivity contribution in [3.8, 4) is 0 Å². The van der Waals surface area contributed by atoms with Gasteiger partial charge in [0.15, 0.2) is 0 Å². The van der Waals surface area contributed by atoms with Crippen LogP contribution in [0.4, 0.5) is 0 Å².